The molecule has 2 heteroatoms. The fourth-order valence-electron chi connectivity index (χ4n) is 4.04. The van der Waals surface area contributed by atoms with Crippen LogP contribution in [0, 0.1) is 5.92 Å². The van der Waals surface area contributed by atoms with Crippen LogP contribution in [0.2, 0.25) is 0 Å². The zero-order valence-corrected chi connectivity index (χ0v) is 12.6. The number of benzene rings is 1. The van der Waals surface area contributed by atoms with Gasteiger partial charge in [0.25, 0.3) is 0 Å². The molecular formula is C19H22N2. The topological polar surface area (TPSA) is 19.0 Å². The van der Waals surface area contributed by atoms with Crippen LogP contribution in [0.5, 0.6) is 0 Å². The first kappa shape index (κ1) is 12.9. The van der Waals surface area contributed by atoms with E-state index in [0.29, 0.717) is 12.0 Å². The Hall–Kier alpha value is -1.80. The zero-order chi connectivity index (χ0) is 14.4. The van der Waals surface area contributed by atoms with E-state index in [1.165, 1.54) is 40.6 Å². The highest BCUT2D eigenvalue weighted by Gasteiger charge is 2.34. The quantitative estimate of drug-likeness (QED) is 0.841. The third-order valence-corrected chi connectivity index (χ3v) is 4.96. The number of aromatic amines is 1. The highest BCUT2D eigenvalue weighted by molar-refractivity contribution is 5.98. The molecule has 0 spiro atoms. The molecule has 2 aliphatic rings. The molecule has 0 amide bonds. The summed E-state index contributed by atoms with van der Waals surface area (Å²) in [6.45, 7) is 8.57. The molecule has 2 atom stereocenters. The van der Waals surface area contributed by atoms with E-state index in [2.05, 4.69) is 59.9 Å². The van der Waals surface area contributed by atoms with Gasteiger partial charge in [0.1, 0.15) is 0 Å². The van der Waals surface area contributed by atoms with E-state index in [0.717, 1.165) is 13.0 Å². The Labute approximate surface area is 126 Å². The van der Waals surface area contributed by atoms with Crippen LogP contribution in [0.4, 0.5) is 0 Å². The average Bonchev–Trinajstić information content (AvgIpc) is 2.93. The molecule has 2 aromatic rings. The molecule has 1 aromatic heterocycles. The summed E-state index contributed by atoms with van der Waals surface area (Å²) >= 11 is 0. The van der Waals surface area contributed by atoms with Crippen LogP contribution >= 0.6 is 0 Å². The van der Waals surface area contributed by atoms with E-state index in [1.54, 1.807) is 0 Å². The van der Waals surface area contributed by atoms with E-state index in [1.807, 2.05) is 0 Å². The lowest BCUT2D eigenvalue weighted by Crippen LogP contribution is -2.45. The summed E-state index contributed by atoms with van der Waals surface area (Å²) < 4.78 is 0. The molecule has 21 heavy (non-hydrogen) atoms. The van der Waals surface area contributed by atoms with Crippen molar-refractivity contribution in [1.29, 1.82) is 0 Å². The van der Waals surface area contributed by atoms with Crippen molar-refractivity contribution in [3.8, 4) is 0 Å². The highest BCUT2D eigenvalue weighted by Crippen LogP contribution is 2.41. The number of aromatic nitrogens is 1. The predicted molar refractivity (Wildman–Crippen MR) is 89.3 cm³/mol. The van der Waals surface area contributed by atoms with Crippen molar-refractivity contribution in [3.05, 3.63) is 54.3 Å². The summed E-state index contributed by atoms with van der Waals surface area (Å²) in [5.41, 5.74) is 5.68. The summed E-state index contributed by atoms with van der Waals surface area (Å²) in [4.78, 5) is 6.09. The highest BCUT2D eigenvalue weighted by atomic mass is 15.2. The molecule has 2 unspecified atom stereocenters. The van der Waals surface area contributed by atoms with E-state index >= 15 is 0 Å². The molecule has 0 saturated heterocycles. The molecule has 4 rings (SSSR count). The first-order valence-electron chi connectivity index (χ1n) is 7.99. The molecule has 1 aliphatic carbocycles. The standard InChI is InChI=1S/C19H22N2/c1-3-8-21-12-13(4-2)9-16-15-6-5-7-17-19(15)14(11-20-17)10-18(16)21/h4-7,9,11,13,18,20H,2-3,8,10,12H2,1H3. The summed E-state index contributed by atoms with van der Waals surface area (Å²) in [5.74, 6) is 0.471. The van der Waals surface area contributed by atoms with Crippen LogP contribution in [0.3, 0.4) is 0 Å². The lowest BCUT2D eigenvalue weighted by Gasteiger charge is -2.41. The molecule has 2 nitrogen and oxygen atoms in total. The second-order valence-corrected chi connectivity index (χ2v) is 6.28. The number of hydrogen-bond acceptors (Lipinski definition) is 1. The smallest absolute Gasteiger partial charge is 0.0462 e. The maximum atomic E-state index is 4.02. The normalized spacial score (nSPS) is 24.7. The first-order chi connectivity index (χ1) is 10.3. The zero-order valence-electron chi connectivity index (χ0n) is 12.6. The van der Waals surface area contributed by atoms with Gasteiger partial charge in [-0.05, 0) is 42.2 Å². The number of fused-ring (bicyclic) bond motifs is 2. The van der Waals surface area contributed by atoms with Crippen molar-refractivity contribution in [2.24, 2.45) is 5.92 Å². The van der Waals surface area contributed by atoms with Gasteiger partial charge in [0.05, 0.1) is 0 Å². The monoisotopic (exact) mass is 278 g/mol. The van der Waals surface area contributed by atoms with Crippen molar-refractivity contribution in [1.82, 2.24) is 9.88 Å². The van der Waals surface area contributed by atoms with E-state index in [4.69, 9.17) is 0 Å². The van der Waals surface area contributed by atoms with Crippen LogP contribution in [-0.4, -0.2) is 29.0 Å². The van der Waals surface area contributed by atoms with Gasteiger partial charge in [-0.25, -0.2) is 0 Å². The minimum atomic E-state index is 0.471. The maximum absolute atomic E-state index is 4.02. The van der Waals surface area contributed by atoms with Crippen molar-refractivity contribution in [2.45, 2.75) is 25.8 Å². The second kappa shape index (κ2) is 4.88. The Bertz CT molecular complexity index is 722. The van der Waals surface area contributed by atoms with E-state index in [-0.39, 0.29) is 0 Å². The van der Waals surface area contributed by atoms with Gasteiger partial charge in [-0.1, -0.05) is 31.2 Å². The molecule has 0 radical (unpaired) electrons. The number of nitrogens with one attached hydrogen (secondary N) is 1. The van der Waals surface area contributed by atoms with Crippen LogP contribution in [0.1, 0.15) is 24.5 Å². The van der Waals surface area contributed by atoms with Gasteiger partial charge in [-0.15, -0.1) is 6.58 Å². The van der Waals surface area contributed by atoms with Gasteiger partial charge < -0.3 is 4.98 Å². The molecule has 1 aromatic carbocycles. The van der Waals surface area contributed by atoms with Crippen molar-refractivity contribution >= 4 is 16.5 Å². The predicted octanol–water partition coefficient (Wildman–Crippen LogP) is 4.00. The third kappa shape index (κ3) is 1.90. The molecule has 2 heterocycles. The molecule has 0 saturated carbocycles. The molecule has 108 valence electrons. The van der Waals surface area contributed by atoms with E-state index < -0.39 is 0 Å². The molecule has 1 N–H and O–H groups in total. The Morgan fingerprint density at radius 2 is 2.33 bits per heavy atom. The van der Waals surface area contributed by atoms with Gasteiger partial charge in [0.2, 0.25) is 0 Å². The fraction of sp³-hybridized carbons (Fsp3) is 0.368. The largest absolute Gasteiger partial charge is 0.361 e. The minimum absolute atomic E-state index is 0.471. The maximum Gasteiger partial charge on any atom is 0.0462 e. The van der Waals surface area contributed by atoms with Gasteiger partial charge in [-0.2, -0.15) is 0 Å². The van der Waals surface area contributed by atoms with Crippen molar-refractivity contribution in [2.75, 3.05) is 13.1 Å². The molecular weight excluding hydrogens is 256 g/mol. The number of rotatable bonds is 3. The molecule has 0 fully saturated rings. The summed E-state index contributed by atoms with van der Waals surface area (Å²) in [5, 5.41) is 1.43. The van der Waals surface area contributed by atoms with Crippen LogP contribution in [0.25, 0.3) is 16.5 Å². The SMILES string of the molecule is C=CC1C=C2c3cccc4[nH]cc(c34)CC2N(CCC)C1. The number of hydrogen-bond donors (Lipinski definition) is 1. The van der Waals surface area contributed by atoms with Crippen LogP contribution in [-0.2, 0) is 6.42 Å². The third-order valence-electron chi connectivity index (χ3n) is 4.96. The Balaban J connectivity index is 1.89. The molecule has 0 bridgehead atoms. The van der Waals surface area contributed by atoms with Crippen molar-refractivity contribution < 1.29 is 0 Å². The van der Waals surface area contributed by atoms with Crippen molar-refractivity contribution in [3.63, 3.8) is 0 Å². The summed E-state index contributed by atoms with van der Waals surface area (Å²) in [6, 6.07) is 7.17. The lowest BCUT2D eigenvalue weighted by atomic mass is 9.79. The Morgan fingerprint density at radius 1 is 1.43 bits per heavy atom. The first-order valence-corrected chi connectivity index (χ1v) is 7.99. The number of H-pyrrole nitrogens is 1. The number of nitrogens with zero attached hydrogens (tertiary/aromatic N) is 1. The lowest BCUT2D eigenvalue weighted by molar-refractivity contribution is 0.212. The Morgan fingerprint density at radius 3 is 3.14 bits per heavy atom. The minimum Gasteiger partial charge on any atom is -0.361 e. The fourth-order valence-corrected chi connectivity index (χ4v) is 4.04. The average molecular weight is 278 g/mol. The van der Waals surface area contributed by atoms with Gasteiger partial charge in [0.15, 0.2) is 0 Å². The van der Waals surface area contributed by atoms with E-state index in [9.17, 15) is 0 Å². The van der Waals surface area contributed by atoms with Gasteiger partial charge >= 0.3 is 0 Å². The van der Waals surface area contributed by atoms with Gasteiger partial charge in [-0.3, -0.25) is 4.90 Å². The Kier molecular flexibility index (Phi) is 3.00. The summed E-state index contributed by atoms with van der Waals surface area (Å²) in [7, 11) is 0. The second-order valence-electron chi connectivity index (χ2n) is 6.28. The van der Waals surface area contributed by atoms with Crippen LogP contribution < -0.4 is 0 Å². The van der Waals surface area contributed by atoms with Crippen LogP contribution in [0.15, 0.2) is 43.1 Å². The molecule has 1 aliphatic heterocycles. The van der Waals surface area contributed by atoms with Gasteiger partial charge in [0, 0.05) is 35.6 Å². The summed E-state index contributed by atoms with van der Waals surface area (Å²) in [6.07, 6.45) is 9.09.